The molecule has 1 atom stereocenters. The molecule has 1 unspecified atom stereocenters. The first-order valence-corrected chi connectivity index (χ1v) is 10.0. The molecule has 0 bridgehead atoms. The molecular formula is C19H19FN4O3S. The number of piperidine rings is 1. The van der Waals surface area contributed by atoms with Crippen LogP contribution in [0.2, 0.25) is 0 Å². The van der Waals surface area contributed by atoms with Gasteiger partial charge in [-0.2, -0.15) is 0 Å². The second-order valence-electron chi connectivity index (χ2n) is 6.98. The number of likely N-dealkylation sites (tertiary alicyclic amines) is 2. The summed E-state index contributed by atoms with van der Waals surface area (Å²) in [6, 6.07) is 6.43. The number of amides is 3. The molecule has 1 aromatic heterocycles. The number of carbonyl (C=O) groups is 3. The average molecular weight is 402 g/mol. The molecule has 7 nitrogen and oxygen atoms in total. The van der Waals surface area contributed by atoms with Gasteiger partial charge >= 0.3 is 0 Å². The Balaban J connectivity index is 1.44. The van der Waals surface area contributed by atoms with E-state index in [1.54, 1.807) is 23.1 Å². The van der Waals surface area contributed by atoms with Crippen LogP contribution in [0, 0.1) is 5.82 Å². The van der Waals surface area contributed by atoms with Gasteiger partial charge in [-0.05, 0) is 25.0 Å². The maximum absolute atomic E-state index is 14.0. The van der Waals surface area contributed by atoms with Gasteiger partial charge < -0.3 is 4.90 Å². The van der Waals surface area contributed by atoms with E-state index in [0.717, 1.165) is 22.7 Å². The molecule has 4 rings (SSSR count). The van der Waals surface area contributed by atoms with E-state index in [4.69, 9.17) is 0 Å². The van der Waals surface area contributed by atoms with Crippen molar-refractivity contribution in [2.45, 2.75) is 31.6 Å². The third-order valence-electron chi connectivity index (χ3n) is 5.12. The lowest BCUT2D eigenvalue weighted by atomic mass is 9.99. The van der Waals surface area contributed by atoms with Crippen LogP contribution in [0.5, 0.6) is 0 Å². The molecule has 1 aromatic carbocycles. The van der Waals surface area contributed by atoms with Gasteiger partial charge in [-0.3, -0.25) is 19.3 Å². The number of benzene rings is 1. The molecule has 2 aliphatic heterocycles. The fraction of sp³-hybridized carbons (Fsp3) is 0.421. The van der Waals surface area contributed by atoms with Crippen molar-refractivity contribution in [3.63, 3.8) is 0 Å². The third-order valence-corrected chi connectivity index (χ3v) is 6.24. The predicted molar refractivity (Wildman–Crippen MR) is 99.8 cm³/mol. The lowest BCUT2D eigenvalue weighted by Gasteiger charge is -2.32. The number of imide groups is 1. The summed E-state index contributed by atoms with van der Waals surface area (Å²) in [6.45, 7) is 0.854. The summed E-state index contributed by atoms with van der Waals surface area (Å²) in [5, 5.41) is 9.63. The van der Waals surface area contributed by atoms with E-state index < -0.39 is 0 Å². The van der Waals surface area contributed by atoms with Crippen LogP contribution in [0.3, 0.4) is 0 Å². The number of rotatable bonds is 4. The van der Waals surface area contributed by atoms with Crippen LogP contribution < -0.4 is 0 Å². The molecule has 2 fully saturated rings. The molecule has 0 saturated carbocycles. The van der Waals surface area contributed by atoms with Crippen molar-refractivity contribution >= 4 is 29.1 Å². The van der Waals surface area contributed by atoms with Gasteiger partial charge in [-0.1, -0.05) is 23.5 Å². The maximum atomic E-state index is 14.0. The minimum absolute atomic E-state index is 0.0145. The lowest BCUT2D eigenvalue weighted by Crippen LogP contribution is -2.45. The van der Waals surface area contributed by atoms with Crippen LogP contribution in [0.15, 0.2) is 24.3 Å². The Morgan fingerprint density at radius 2 is 1.93 bits per heavy atom. The summed E-state index contributed by atoms with van der Waals surface area (Å²) in [5.41, 5.74) is 0.418. The first-order chi connectivity index (χ1) is 13.5. The Morgan fingerprint density at radius 3 is 2.68 bits per heavy atom. The molecule has 0 radical (unpaired) electrons. The van der Waals surface area contributed by atoms with E-state index in [-0.39, 0.29) is 48.8 Å². The quantitative estimate of drug-likeness (QED) is 0.732. The first kappa shape index (κ1) is 18.7. The van der Waals surface area contributed by atoms with Gasteiger partial charge in [0.05, 0.1) is 0 Å². The Kier molecular flexibility index (Phi) is 5.17. The Bertz CT molecular complexity index is 915. The van der Waals surface area contributed by atoms with Gasteiger partial charge in [0.25, 0.3) is 0 Å². The topological polar surface area (TPSA) is 83.5 Å². The molecule has 146 valence electrons. The fourth-order valence-electron chi connectivity index (χ4n) is 3.58. The normalized spacial score (nSPS) is 20.1. The van der Waals surface area contributed by atoms with E-state index in [2.05, 4.69) is 10.2 Å². The van der Waals surface area contributed by atoms with Gasteiger partial charge in [0, 0.05) is 37.4 Å². The summed E-state index contributed by atoms with van der Waals surface area (Å²) >= 11 is 1.34. The van der Waals surface area contributed by atoms with Crippen molar-refractivity contribution in [2.24, 2.45) is 0 Å². The van der Waals surface area contributed by atoms with E-state index in [1.807, 2.05) is 0 Å². The molecule has 3 amide bonds. The van der Waals surface area contributed by atoms with Gasteiger partial charge in [0.15, 0.2) is 5.01 Å². The summed E-state index contributed by atoms with van der Waals surface area (Å²) in [4.78, 5) is 38.8. The molecule has 9 heteroatoms. The van der Waals surface area contributed by atoms with Gasteiger partial charge in [0.1, 0.15) is 17.4 Å². The maximum Gasteiger partial charge on any atom is 0.242 e. The first-order valence-electron chi connectivity index (χ1n) is 9.22. The van der Waals surface area contributed by atoms with Crippen LogP contribution in [-0.4, -0.2) is 57.4 Å². The molecule has 0 aliphatic carbocycles. The Hall–Kier alpha value is -2.68. The molecule has 2 saturated heterocycles. The van der Waals surface area contributed by atoms with Crippen LogP contribution in [0.25, 0.3) is 10.6 Å². The second-order valence-corrected chi connectivity index (χ2v) is 7.99. The Morgan fingerprint density at radius 1 is 1.18 bits per heavy atom. The summed E-state index contributed by atoms with van der Waals surface area (Å²) < 4.78 is 14.0. The Labute approximate surface area is 165 Å². The standard InChI is InChI=1S/C19H19FN4O3S/c20-14-6-2-1-5-13(14)19-22-21-18(28-19)12-4-3-9-23(10-12)17(27)11-24-15(25)7-8-16(24)26/h1-2,5-6,12H,3-4,7-11H2. The molecule has 2 aliphatic rings. The highest BCUT2D eigenvalue weighted by Gasteiger charge is 2.34. The van der Waals surface area contributed by atoms with Gasteiger partial charge in [-0.15, -0.1) is 10.2 Å². The van der Waals surface area contributed by atoms with Crippen LogP contribution in [0.4, 0.5) is 4.39 Å². The van der Waals surface area contributed by atoms with E-state index in [1.165, 1.54) is 17.4 Å². The van der Waals surface area contributed by atoms with Crippen LogP contribution in [0.1, 0.15) is 36.6 Å². The minimum Gasteiger partial charge on any atom is -0.340 e. The molecule has 2 aromatic rings. The zero-order valence-corrected chi connectivity index (χ0v) is 16.0. The highest BCUT2D eigenvalue weighted by Crippen LogP contribution is 2.33. The van der Waals surface area contributed by atoms with E-state index in [9.17, 15) is 18.8 Å². The molecule has 0 spiro atoms. The monoisotopic (exact) mass is 402 g/mol. The van der Waals surface area contributed by atoms with Crippen molar-refractivity contribution < 1.29 is 18.8 Å². The third kappa shape index (κ3) is 3.66. The minimum atomic E-state index is -0.342. The van der Waals surface area contributed by atoms with Crippen molar-refractivity contribution in [2.75, 3.05) is 19.6 Å². The van der Waals surface area contributed by atoms with Crippen LogP contribution >= 0.6 is 11.3 Å². The average Bonchev–Trinajstić information content (AvgIpc) is 3.31. The predicted octanol–water partition coefficient (Wildman–Crippen LogP) is 2.20. The molecule has 0 N–H and O–H groups in total. The van der Waals surface area contributed by atoms with Gasteiger partial charge in [-0.25, -0.2) is 4.39 Å². The fourth-order valence-corrected chi connectivity index (χ4v) is 4.58. The summed E-state index contributed by atoms with van der Waals surface area (Å²) in [6.07, 6.45) is 2.01. The SMILES string of the molecule is O=C(CN1C(=O)CCC1=O)N1CCCC(c2nnc(-c3ccccc3F)s2)C1. The second kappa shape index (κ2) is 7.75. The number of carbonyl (C=O) groups excluding carboxylic acids is 3. The smallest absolute Gasteiger partial charge is 0.242 e. The molecule has 3 heterocycles. The van der Waals surface area contributed by atoms with Crippen molar-refractivity contribution in [3.8, 4) is 10.6 Å². The van der Waals surface area contributed by atoms with Gasteiger partial charge in [0.2, 0.25) is 17.7 Å². The molecular weight excluding hydrogens is 383 g/mol. The highest BCUT2D eigenvalue weighted by molar-refractivity contribution is 7.14. The van der Waals surface area contributed by atoms with Crippen molar-refractivity contribution in [1.82, 2.24) is 20.0 Å². The van der Waals surface area contributed by atoms with E-state index in [0.29, 0.717) is 23.7 Å². The largest absolute Gasteiger partial charge is 0.340 e. The summed E-state index contributed by atoms with van der Waals surface area (Å²) in [7, 11) is 0. The number of nitrogens with zero attached hydrogens (tertiary/aromatic N) is 4. The highest BCUT2D eigenvalue weighted by atomic mass is 32.1. The van der Waals surface area contributed by atoms with E-state index >= 15 is 0 Å². The number of aromatic nitrogens is 2. The van der Waals surface area contributed by atoms with Crippen LogP contribution in [-0.2, 0) is 14.4 Å². The van der Waals surface area contributed by atoms with Crippen molar-refractivity contribution in [3.05, 3.63) is 35.1 Å². The molecule has 28 heavy (non-hydrogen) atoms. The van der Waals surface area contributed by atoms with Crippen molar-refractivity contribution in [1.29, 1.82) is 0 Å². The number of hydrogen-bond acceptors (Lipinski definition) is 6. The lowest BCUT2D eigenvalue weighted by molar-refractivity contribution is -0.146. The zero-order chi connectivity index (χ0) is 19.7. The zero-order valence-electron chi connectivity index (χ0n) is 15.1. The summed E-state index contributed by atoms with van der Waals surface area (Å²) in [5.74, 6) is -1.13. The number of halogens is 1. The number of hydrogen-bond donors (Lipinski definition) is 0.